The molecule has 0 aromatic rings. The van der Waals surface area contributed by atoms with Crippen molar-refractivity contribution in [3.05, 3.63) is 0 Å². The molecule has 15 heavy (non-hydrogen) atoms. The van der Waals surface area contributed by atoms with Gasteiger partial charge in [-0.15, -0.1) is 0 Å². The maximum atomic E-state index is 10.7. The van der Waals surface area contributed by atoms with Gasteiger partial charge in [-0.1, -0.05) is 13.8 Å². The molecule has 0 aliphatic carbocycles. The predicted octanol–water partition coefficient (Wildman–Crippen LogP) is -0.644. The molecule has 0 spiro atoms. The van der Waals surface area contributed by atoms with Gasteiger partial charge in [-0.25, -0.2) is 13.1 Å². The normalized spacial score (nSPS) is 14.5. The number of hydrogen-bond acceptors (Lipinski definition) is 4. The fourth-order valence-corrected chi connectivity index (χ4v) is 1.68. The molecule has 4 N–H and O–H groups in total. The number of sulfonamides is 1. The summed E-state index contributed by atoms with van der Waals surface area (Å²) in [6.45, 7) is 6.82. The van der Waals surface area contributed by atoms with E-state index in [0.29, 0.717) is 31.5 Å². The van der Waals surface area contributed by atoms with Crippen LogP contribution in [0, 0.1) is 11.8 Å². The Morgan fingerprint density at radius 3 is 2.27 bits per heavy atom. The zero-order valence-electron chi connectivity index (χ0n) is 9.79. The number of nitrogens with two attached hydrogens (primary N) is 1. The standard InChI is InChI=1S/C9H23N3O2S/c1-8(2)9(6-10)7-11-4-5-12-15(3,13)14/h8-9,11-12H,4-7,10H2,1-3H3. The quantitative estimate of drug-likeness (QED) is 0.490. The molecular weight excluding hydrogens is 214 g/mol. The minimum Gasteiger partial charge on any atom is -0.330 e. The predicted molar refractivity (Wildman–Crippen MR) is 63.1 cm³/mol. The lowest BCUT2D eigenvalue weighted by Crippen LogP contribution is -2.36. The average Bonchev–Trinajstić information content (AvgIpc) is 2.08. The molecule has 6 heteroatoms. The van der Waals surface area contributed by atoms with Crippen LogP contribution in [0.1, 0.15) is 13.8 Å². The average molecular weight is 237 g/mol. The maximum absolute atomic E-state index is 10.7. The summed E-state index contributed by atoms with van der Waals surface area (Å²) in [7, 11) is -3.06. The molecule has 0 aliphatic rings. The molecule has 0 rings (SSSR count). The lowest BCUT2D eigenvalue weighted by Gasteiger charge is -2.19. The molecule has 1 unspecified atom stereocenters. The Hall–Kier alpha value is -0.170. The summed E-state index contributed by atoms with van der Waals surface area (Å²) in [4.78, 5) is 0. The van der Waals surface area contributed by atoms with Crippen molar-refractivity contribution in [1.29, 1.82) is 0 Å². The van der Waals surface area contributed by atoms with Crippen molar-refractivity contribution in [2.75, 3.05) is 32.4 Å². The Labute approximate surface area is 92.9 Å². The van der Waals surface area contributed by atoms with Gasteiger partial charge in [-0.05, 0) is 24.9 Å². The van der Waals surface area contributed by atoms with E-state index >= 15 is 0 Å². The zero-order valence-corrected chi connectivity index (χ0v) is 10.6. The first-order chi connectivity index (χ1) is 6.87. The van der Waals surface area contributed by atoms with E-state index in [-0.39, 0.29) is 0 Å². The third-order valence-electron chi connectivity index (χ3n) is 2.32. The summed E-state index contributed by atoms with van der Waals surface area (Å²) < 4.78 is 23.9. The molecular formula is C9H23N3O2S. The van der Waals surface area contributed by atoms with E-state index in [0.717, 1.165) is 12.8 Å². The third-order valence-corrected chi connectivity index (χ3v) is 3.05. The van der Waals surface area contributed by atoms with E-state index in [2.05, 4.69) is 23.9 Å². The molecule has 92 valence electrons. The van der Waals surface area contributed by atoms with Crippen molar-refractivity contribution in [2.45, 2.75) is 13.8 Å². The minimum absolute atomic E-state index is 0.425. The molecule has 0 aromatic carbocycles. The van der Waals surface area contributed by atoms with Gasteiger partial charge in [0.2, 0.25) is 10.0 Å². The van der Waals surface area contributed by atoms with Crippen LogP contribution in [0.15, 0.2) is 0 Å². The summed E-state index contributed by atoms with van der Waals surface area (Å²) in [5, 5.41) is 3.18. The Bertz CT molecular complexity index is 252. The minimum atomic E-state index is -3.06. The molecule has 0 saturated heterocycles. The summed E-state index contributed by atoms with van der Waals surface area (Å²) in [6.07, 6.45) is 1.16. The maximum Gasteiger partial charge on any atom is 0.208 e. The number of hydrogen-bond donors (Lipinski definition) is 3. The van der Waals surface area contributed by atoms with Crippen LogP contribution in [0.3, 0.4) is 0 Å². The molecule has 0 bridgehead atoms. The summed E-state index contributed by atoms with van der Waals surface area (Å²) in [6, 6.07) is 0. The lowest BCUT2D eigenvalue weighted by atomic mass is 9.96. The highest BCUT2D eigenvalue weighted by molar-refractivity contribution is 7.88. The van der Waals surface area contributed by atoms with Gasteiger partial charge in [-0.3, -0.25) is 0 Å². The van der Waals surface area contributed by atoms with Crippen LogP contribution in [0.25, 0.3) is 0 Å². The summed E-state index contributed by atoms with van der Waals surface area (Å²) in [5.74, 6) is 0.994. The van der Waals surface area contributed by atoms with Gasteiger partial charge in [0, 0.05) is 13.1 Å². The van der Waals surface area contributed by atoms with E-state index in [9.17, 15) is 8.42 Å². The van der Waals surface area contributed by atoms with Crippen LogP contribution < -0.4 is 15.8 Å². The third kappa shape index (κ3) is 8.80. The van der Waals surface area contributed by atoms with E-state index in [4.69, 9.17) is 5.73 Å². The second-order valence-corrected chi connectivity index (χ2v) is 5.94. The largest absolute Gasteiger partial charge is 0.330 e. The van der Waals surface area contributed by atoms with Gasteiger partial charge in [0.05, 0.1) is 6.26 Å². The highest BCUT2D eigenvalue weighted by atomic mass is 32.2. The van der Waals surface area contributed by atoms with Crippen molar-refractivity contribution in [2.24, 2.45) is 17.6 Å². The van der Waals surface area contributed by atoms with Crippen LogP contribution in [-0.2, 0) is 10.0 Å². The number of rotatable bonds is 8. The highest BCUT2D eigenvalue weighted by Crippen LogP contribution is 2.06. The number of nitrogens with one attached hydrogen (secondary N) is 2. The van der Waals surface area contributed by atoms with Crippen LogP contribution in [-0.4, -0.2) is 40.9 Å². The van der Waals surface area contributed by atoms with E-state index in [1.165, 1.54) is 0 Å². The molecule has 0 saturated carbocycles. The Morgan fingerprint density at radius 1 is 1.27 bits per heavy atom. The summed E-state index contributed by atoms with van der Waals surface area (Å²) >= 11 is 0. The molecule has 0 radical (unpaired) electrons. The van der Waals surface area contributed by atoms with Crippen molar-refractivity contribution in [3.8, 4) is 0 Å². The first-order valence-electron chi connectivity index (χ1n) is 5.22. The first kappa shape index (κ1) is 14.8. The van der Waals surface area contributed by atoms with Crippen molar-refractivity contribution in [1.82, 2.24) is 10.0 Å². The Kier molecular flexibility index (Phi) is 7.08. The molecule has 5 nitrogen and oxygen atoms in total. The van der Waals surface area contributed by atoms with Gasteiger partial charge >= 0.3 is 0 Å². The molecule has 0 heterocycles. The van der Waals surface area contributed by atoms with Gasteiger partial charge in [0.1, 0.15) is 0 Å². The van der Waals surface area contributed by atoms with Crippen molar-refractivity contribution < 1.29 is 8.42 Å². The van der Waals surface area contributed by atoms with Crippen LogP contribution >= 0.6 is 0 Å². The van der Waals surface area contributed by atoms with Crippen LogP contribution in [0.5, 0.6) is 0 Å². The van der Waals surface area contributed by atoms with Gasteiger partial charge in [0.15, 0.2) is 0 Å². The van der Waals surface area contributed by atoms with Gasteiger partial charge < -0.3 is 11.1 Å². The molecule has 0 aliphatic heterocycles. The van der Waals surface area contributed by atoms with E-state index in [1.807, 2.05) is 0 Å². The molecule has 1 atom stereocenters. The SMILES string of the molecule is CC(C)C(CN)CNCCNS(C)(=O)=O. The lowest BCUT2D eigenvalue weighted by molar-refractivity contribution is 0.372. The Morgan fingerprint density at radius 2 is 1.87 bits per heavy atom. The zero-order chi connectivity index (χ0) is 11.9. The van der Waals surface area contributed by atoms with Crippen molar-refractivity contribution in [3.63, 3.8) is 0 Å². The highest BCUT2D eigenvalue weighted by Gasteiger charge is 2.10. The smallest absolute Gasteiger partial charge is 0.208 e. The monoisotopic (exact) mass is 237 g/mol. The van der Waals surface area contributed by atoms with Crippen LogP contribution in [0.2, 0.25) is 0 Å². The fraction of sp³-hybridized carbons (Fsp3) is 1.00. The molecule has 0 amide bonds. The molecule has 0 fully saturated rings. The van der Waals surface area contributed by atoms with E-state index < -0.39 is 10.0 Å². The van der Waals surface area contributed by atoms with Gasteiger partial charge in [-0.2, -0.15) is 0 Å². The van der Waals surface area contributed by atoms with E-state index in [1.54, 1.807) is 0 Å². The van der Waals surface area contributed by atoms with Gasteiger partial charge in [0.25, 0.3) is 0 Å². The molecule has 0 aromatic heterocycles. The second-order valence-electron chi connectivity index (χ2n) is 4.11. The summed E-state index contributed by atoms with van der Waals surface area (Å²) in [5.41, 5.74) is 5.61. The van der Waals surface area contributed by atoms with Crippen LogP contribution in [0.4, 0.5) is 0 Å². The van der Waals surface area contributed by atoms with Crippen molar-refractivity contribution >= 4 is 10.0 Å². The first-order valence-corrected chi connectivity index (χ1v) is 7.11. The fourth-order valence-electron chi connectivity index (χ4n) is 1.20. The Balaban J connectivity index is 3.53. The topological polar surface area (TPSA) is 84.2 Å². The second kappa shape index (κ2) is 7.16.